The molecule has 0 radical (unpaired) electrons. The number of amides is 1. The van der Waals surface area contributed by atoms with E-state index in [0.717, 1.165) is 5.56 Å². The molecule has 1 aliphatic rings. The molecule has 1 aliphatic heterocycles. The average Bonchev–Trinajstić information content (AvgIpc) is 3.14. The molecule has 1 saturated heterocycles. The lowest BCUT2D eigenvalue weighted by atomic mass is 9.94. The lowest BCUT2D eigenvalue weighted by Crippen LogP contribution is -2.29. The predicted octanol–water partition coefficient (Wildman–Crippen LogP) is 5.04. The summed E-state index contributed by atoms with van der Waals surface area (Å²) in [7, 11) is 3.04. The van der Waals surface area contributed by atoms with Gasteiger partial charge in [0, 0.05) is 11.3 Å². The zero-order valence-electron chi connectivity index (χ0n) is 20.1. The number of hydrogen-bond donors (Lipinski definition) is 1. The average molecular weight is 474 g/mol. The lowest BCUT2D eigenvalue weighted by molar-refractivity contribution is -0.132. The van der Waals surface area contributed by atoms with Gasteiger partial charge in [-0.05, 0) is 61.4 Å². The molecule has 1 atom stereocenters. The Kier molecular flexibility index (Phi) is 6.78. The fraction of sp³-hybridized carbons (Fsp3) is 0.214. The van der Waals surface area contributed by atoms with E-state index in [0.29, 0.717) is 40.7 Å². The van der Waals surface area contributed by atoms with Crippen molar-refractivity contribution in [1.29, 1.82) is 0 Å². The maximum Gasteiger partial charge on any atom is 0.300 e. The van der Waals surface area contributed by atoms with Gasteiger partial charge < -0.3 is 19.3 Å². The van der Waals surface area contributed by atoms with Gasteiger partial charge in [-0.2, -0.15) is 0 Å². The number of hydrogen-bond acceptors (Lipinski definition) is 6. The fourth-order valence-corrected chi connectivity index (χ4v) is 4.25. The summed E-state index contributed by atoms with van der Waals surface area (Å²) in [6.07, 6.45) is 0. The van der Waals surface area contributed by atoms with Crippen LogP contribution in [0.2, 0.25) is 0 Å². The molecule has 0 aromatic heterocycles. The van der Waals surface area contributed by atoms with E-state index in [4.69, 9.17) is 14.2 Å². The van der Waals surface area contributed by atoms with Crippen molar-refractivity contribution in [2.45, 2.75) is 19.9 Å². The van der Waals surface area contributed by atoms with E-state index in [9.17, 15) is 14.7 Å². The van der Waals surface area contributed by atoms with Crippen molar-refractivity contribution < 1.29 is 28.9 Å². The van der Waals surface area contributed by atoms with Crippen LogP contribution < -0.4 is 19.1 Å². The van der Waals surface area contributed by atoms with Crippen LogP contribution in [-0.2, 0) is 9.59 Å². The number of methoxy groups -OCH3 is 2. The molecule has 0 bridgehead atoms. The molecule has 3 aromatic carbocycles. The van der Waals surface area contributed by atoms with Crippen LogP contribution in [0, 0.1) is 6.92 Å². The number of benzene rings is 3. The van der Waals surface area contributed by atoms with Crippen molar-refractivity contribution >= 4 is 23.1 Å². The van der Waals surface area contributed by atoms with Crippen molar-refractivity contribution in [3.63, 3.8) is 0 Å². The highest BCUT2D eigenvalue weighted by molar-refractivity contribution is 6.51. The molecule has 7 nitrogen and oxygen atoms in total. The summed E-state index contributed by atoms with van der Waals surface area (Å²) in [5.74, 6) is -0.265. The van der Waals surface area contributed by atoms with E-state index < -0.39 is 17.7 Å². The minimum Gasteiger partial charge on any atom is -0.507 e. The largest absolute Gasteiger partial charge is 0.507 e. The maximum atomic E-state index is 13.4. The van der Waals surface area contributed by atoms with Gasteiger partial charge in [0.05, 0.1) is 32.4 Å². The molecule has 1 fully saturated rings. The first-order valence-electron chi connectivity index (χ1n) is 11.2. The van der Waals surface area contributed by atoms with E-state index in [2.05, 4.69) is 0 Å². The van der Waals surface area contributed by atoms with Gasteiger partial charge in [-0.1, -0.05) is 30.3 Å². The third-order valence-electron chi connectivity index (χ3n) is 5.87. The zero-order valence-corrected chi connectivity index (χ0v) is 20.1. The highest BCUT2D eigenvalue weighted by Crippen LogP contribution is 2.44. The van der Waals surface area contributed by atoms with E-state index in [-0.39, 0.29) is 11.3 Å². The van der Waals surface area contributed by atoms with Gasteiger partial charge in [0.25, 0.3) is 11.7 Å². The fourth-order valence-electron chi connectivity index (χ4n) is 4.25. The number of Topliss-reactive ketones (excluding diaryl/α,β-unsaturated/α-hetero) is 1. The van der Waals surface area contributed by atoms with Gasteiger partial charge in [0.2, 0.25) is 0 Å². The van der Waals surface area contributed by atoms with Crippen LogP contribution in [0.25, 0.3) is 5.76 Å². The molecule has 0 saturated carbocycles. The Labute approximate surface area is 204 Å². The van der Waals surface area contributed by atoms with Crippen molar-refractivity contribution in [3.05, 3.63) is 89.0 Å². The zero-order chi connectivity index (χ0) is 25.1. The summed E-state index contributed by atoms with van der Waals surface area (Å²) in [6, 6.07) is 18.4. The molecule has 1 N–H and O–H groups in total. The summed E-state index contributed by atoms with van der Waals surface area (Å²) in [5.41, 5.74) is 2.43. The summed E-state index contributed by atoms with van der Waals surface area (Å²) in [4.78, 5) is 28.1. The smallest absolute Gasteiger partial charge is 0.300 e. The molecule has 1 heterocycles. The summed E-state index contributed by atoms with van der Waals surface area (Å²) < 4.78 is 16.4. The number of aryl methyl sites for hydroxylation is 1. The second-order valence-electron chi connectivity index (χ2n) is 8.08. The number of aliphatic hydroxyl groups excluding tert-OH is 1. The molecule has 3 aromatic rings. The highest BCUT2D eigenvalue weighted by Gasteiger charge is 2.47. The Morgan fingerprint density at radius 1 is 0.943 bits per heavy atom. The number of ether oxygens (including phenoxy) is 3. The number of carbonyl (C=O) groups excluding carboxylic acids is 2. The normalized spacial score (nSPS) is 16.9. The van der Waals surface area contributed by atoms with Crippen LogP contribution in [0.3, 0.4) is 0 Å². The van der Waals surface area contributed by atoms with E-state index in [1.807, 2.05) is 32.0 Å². The molecular formula is C28H27NO6. The number of nitrogens with zero attached hydrogens (tertiary/aromatic N) is 1. The minimum atomic E-state index is -0.882. The number of carbonyl (C=O) groups is 2. The van der Waals surface area contributed by atoms with E-state index in [1.165, 1.54) is 19.1 Å². The second-order valence-corrected chi connectivity index (χ2v) is 8.08. The van der Waals surface area contributed by atoms with E-state index >= 15 is 0 Å². The first-order valence-corrected chi connectivity index (χ1v) is 11.2. The topological polar surface area (TPSA) is 85.3 Å². The molecule has 1 unspecified atom stereocenters. The highest BCUT2D eigenvalue weighted by atomic mass is 16.5. The van der Waals surface area contributed by atoms with Crippen molar-refractivity contribution in [1.82, 2.24) is 0 Å². The Hall–Kier alpha value is -4.26. The first kappa shape index (κ1) is 23.9. The molecule has 4 rings (SSSR count). The van der Waals surface area contributed by atoms with Crippen LogP contribution in [0.4, 0.5) is 5.69 Å². The summed E-state index contributed by atoms with van der Waals surface area (Å²) in [5, 5.41) is 11.3. The van der Waals surface area contributed by atoms with Crippen LogP contribution in [-0.4, -0.2) is 37.6 Å². The van der Waals surface area contributed by atoms with Gasteiger partial charge in [-0.15, -0.1) is 0 Å². The number of ketones is 1. The van der Waals surface area contributed by atoms with Gasteiger partial charge in [-0.25, -0.2) is 0 Å². The second kappa shape index (κ2) is 9.93. The maximum absolute atomic E-state index is 13.4. The Morgan fingerprint density at radius 3 is 2.40 bits per heavy atom. The Balaban J connectivity index is 1.96. The molecular weight excluding hydrogens is 446 g/mol. The van der Waals surface area contributed by atoms with Gasteiger partial charge >= 0.3 is 0 Å². The Morgan fingerprint density at radius 2 is 1.71 bits per heavy atom. The molecule has 180 valence electrons. The standard InChI is InChI=1S/C28H27NO6/c1-5-35-22-13-12-18(16-23(22)34-4)25-24(26(30)19-9-7-11-21(15-19)33-3)27(31)28(32)29(25)20-10-6-8-17(2)14-20/h6-16,25,30H,5H2,1-4H3/b26-24-. The summed E-state index contributed by atoms with van der Waals surface area (Å²) in [6.45, 7) is 4.23. The Bertz CT molecular complexity index is 1310. The van der Waals surface area contributed by atoms with Crippen LogP contribution >= 0.6 is 0 Å². The third kappa shape index (κ3) is 4.45. The van der Waals surface area contributed by atoms with Gasteiger partial charge in [-0.3, -0.25) is 14.5 Å². The summed E-state index contributed by atoms with van der Waals surface area (Å²) >= 11 is 0. The molecule has 7 heteroatoms. The van der Waals surface area contributed by atoms with Gasteiger partial charge in [0.15, 0.2) is 11.5 Å². The predicted molar refractivity (Wildman–Crippen MR) is 133 cm³/mol. The van der Waals surface area contributed by atoms with Crippen molar-refractivity contribution in [2.24, 2.45) is 0 Å². The monoisotopic (exact) mass is 473 g/mol. The van der Waals surface area contributed by atoms with Crippen molar-refractivity contribution in [3.8, 4) is 17.2 Å². The lowest BCUT2D eigenvalue weighted by Gasteiger charge is -2.26. The molecule has 1 amide bonds. The number of rotatable bonds is 7. The SMILES string of the molecule is CCOc1ccc(C2/C(=C(/O)c3cccc(OC)c3)C(=O)C(=O)N2c2cccc(C)c2)cc1OC. The van der Waals surface area contributed by atoms with Crippen LogP contribution in [0.5, 0.6) is 17.2 Å². The van der Waals surface area contributed by atoms with Crippen LogP contribution in [0.1, 0.15) is 29.7 Å². The van der Waals surface area contributed by atoms with Crippen LogP contribution in [0.15, 0.2) is 72.3 Å². The minimum absolute atomic E-state index is 0.0176. The number of aliphatic hydroxyl groups is 1. The molecule has 0 aliphatic carbocycles. The van der Waals surface area contributed by atoms with Crippen molar-refractivity contribution in [2.75, 3.05) is 25.7 Å². The molecule has 0 spiro atoms. The van der Waals surface area contributed by atoms with E-state index in [1.54, 1.807) is 48.5 Å². The number of anilines is 1. The van der Waals surface area contributed by atoms with Gasteiger partial charge in [0.1, 0.15) is 11.5 Å². The first-order chi connectivity index (χ1) is 16.9. The third-order valence-corrected chi connectivity index (χ3v) is 5.87. The quantitative estimate of drug-likeness (QED) is 0.294. The molecule has 35 heavy (non-hydrogen) atoms.